The van der Waals surface area contributed by atoms with E-state index in [-0.39, 0.29) is 5.78 Å². The molecule has 0 aliphatic carbocycles. The lowest BCUT2D eigenvalue weighted by atomic mass is 10.2. The average Bonchev–Trinajstić information content (AvgIpc) is 3.10. The van der Waals surface area contributed by atoms with E-state index in [1.165, 1.54) is 0 Å². The second-order valence-electron chi connectivity index (χ2n) is 4.82. The SMILES string of the molecule is O=C(Cc1nc2ccccc2s1)c1cc2ccccc2s1. The summed E-state index contributed by atoms with van der Waals surface area (Å²) >= 11 is 3.16. The number of nitrogens with zero attached hydrogens (tertiary/aromatic N) is 1. The Morgan fingerprint density at radius 2 is 1.71 bits per heavy atom. The Kier molecular flexibility index (Phi) is 3.05. The molecule has 0 saturated carbocycles. The molecule has 0 radical (unpaired) electrons. The van der Waals surface area contributed by atoms with E-state index in [1.54, 1.807) is 22.7 Å². The molecule has 2 heterocycles. The minimum absolute atomic E-state index is 0.148. The summed E-state index contributed by atoms with van der Waals surface area (Å²) in [5, 5.41) is 2.02. The van der Waals surface area contributed by atoms with E-state index in [9.17, 15) is 4.79 Å². The number of ketones is 1. The van der Waals surface area contributed by atoms with Crippen molar-refractivity contribution >= 4 is 48.8 Å². The fraction of sp³-hybridized carbons (Fsp3) is 0.0588. The van der Waals surface area contributed by atoms with Crippen LogP contribution in [0.25, 0.3) is 20.3 Å². The third-order valence-electron chi connectivity index (χ3n) is 3.35. The molecule has 2 aromatic carbocycles. The lowest BCUT2D eigenvalue weighted by Gasteiger charge is -1.92. The van der Waals surface area contributed by atoms with Crippen LogP contribution in [-0.2, 0) is 6.42 Å². The standard InChI is InChI=1S/C17H11NOS2/c19-13(16-9-11-5-1-3-7-14(11)20-16)10-17-18-12-6-2-4-8-15(12)21-17/h1-9H,10H2. The molecule has 0 fully saturated rings. The maximum Gasteiger partial charge on any atom is 0.179 e. The van der Waals surface area contributed by atoms with Crippen molar-refractivity contribution in [3.63, 3.8) is 0 Å². The van der Waals surface area contributed by atoms with Crippen molar-refractivity contribution in [1.29, 1.82) is 0 Å². The Labute approximate surface area is 129 Å². The molecule has 4 aromatic rings. The molecule has 102 valence electrons. The predicted octanol–water partition coefficient (Wildman–Crippen LogP) is 4.94. The predicted molar refractivity (Wildman–Crippen MR) is 89.5 cm³/mol. The summed E-state index contributed by atoms with van der Waals surface area (Å²) in [5.41, 5.74) is 0.974. The van der Waals surface area contributed by atoms with Crippen molar-refractivity contribution in [2.24, 2.45) is 0 Å². The first-order valence-electron chi connectivity index (χ1n) is 6.66. The largest absolute Gasteiger partial charge is 0.293 e. The van der Waals surface area contributed by atoms with Crippen LogP contribution in [0.2, 0.25) is 0 Å². The van der Waals surface area contributed by atoms with Crippen molar-refractivity contribution in [2.45, 2.75) is 6.42 Å². The Hall–Kier alpha value is -2.04. The number of carbonyl (C=O) groups is 1. The third kappa shape index (κ3) is 2.37. The van der Waals surface area contributed by atoms with Gasteiger partial charge in [0, 0.05) is 4.70 Å². The van der Waals surface area contributed by atoms with Crippen molar-refractivity contribution in [1.82, 2.24) is 4.98 Å². The molecule has 2 aromatic heterocycles. The summed E-state index contributed by atoms with van der Waals surface area (Å²) in [5.74, 6) is 0.148. The van der Waals surface area contributed by atoms with Crippen molar-refractivity contribution in [2.75, 3.05) is 0 Å². The summed E-state index contributed by atoms with van der Waals surface area (Å²) in [6.45, 7) is 0. The molecular weight excluding hydrogens is 298 g/mol. The number of fused-ring (bicyclic) bond motifs is 2. The summed E-state index contributed by atoms with van der Waals surface area (Å²) < 4.78 is 2.29. The van der Waals surface area contributed by atoms with Crippen LogP contribution >= 0.6 is 22.7 Å². The van der Waals surface area contributed by atoms with Gasteiger partial charge in [0.2, 0.25) is 0 Å². The molecule has 2 nitrogen and oxygen atoms in total. The first-order valence-corrected chi connectivity index (χ1v) is 8.29. The fourth-order valence-electron chi connectivity index (χ4n) is 2.34. The molecule has 0 bridgehead atoms. The van der Waals surface area contributed by atoms with Crippen LogP contribution in [0.1, 0.15) is 14.7 Å². The zero-order valence-electron chi connectivity index (χ0n) is 11.1. The molecule has 0 aliphatic rings. The minimum Gasteiger partial charge on any atom is -0.293 e. The Morgan fingerprint density at radius 1 is 0.952 bits per heavy atom. The summed E-state index contributed by atoms with van der Waals surface area (Å²) in [6, 6.07) is 18.1. The summed E-state index contributed by atoms with van der Waals surface area (Å²) in [4.78, 5) is 17.8. The van der Waals surface area contributed by atoms with Gasteiger partial charge in [-0.1, -0.05) is 30.3 Å². The number of aromatic nitrogens is 1. The van der Waals surface area contributed by atoms with Crippen LogP contribution < -0.4 is 0 Å². The lowest BCUT2D eigenvalue weighted by Crippen LogP contribution is -2.00. The number of thiazole rings is 1. The smallest absolute Gasteiger partial charge is 0.179 e. The molecule has 0 unspecified atom stereocenters. The van der Waals surface area contributed by atoms with Crippen LogP contribution in [0, 0.1) is 0 Å². The minimum atomic E-state index is 0.148. The number of benzene rings is 2. The maximum atomic E-state index is 12.4. The number of thiophene rings is 1. The monoisotopic (exact) mass is 309 g/mol. The molecule has 0 N–H and O–H groups in total. The summed E-state index contributed by atoms with van der Waals surface area (Å²) in [7, 11) is 0. The summed E-state index contributed by atoms with van der Waals surface area (Å²) in [6.07, 6.45) is 0.381. The van der Waals surface area contributed by atoms with E-state index in [1.807, 2.05) is 48.5 Å². The quantitative estimate of drug-likeness (QED) is 0.502. The van der Waals surface area contributed by atoms with E-state index >= 15 is 0 Å². The maximum absolute atomic E-state index is 12.4. The number of rotatable bonds is 3. The first-order chi connectivity index (χ1) is 10.3. The van der Waals surface area contributed by atoms with Crippen molar-refractivity contribution < 1.29 is 4.79 Å². The first kappa shape index (κ1) is 12.7. The zero-order valence-corrected chi connectivity index (χ0v) is 12.7. The number of carbonyl (C=O) groups excluding carboxylic acids is 1. The fourth-order valence-corrected chi connectivity index (χ4v) is 4.31. The molecule has 0 amide bonds. The normalized spacial score (nSPS) is 11.2. The van der Waals surface area contributed by atoms with E-state index in [0.29, 0.717) is 6.42 Å². The van der Waals surface area contributed by atoms with Gasteiger partial charge in [-0.15, -0.1) is 22.7 Å². The third-order valence-corrected chi connectivity index (χ3v) is 5.54. The van der Waals surface area contributed by atoms with Gasteiger partial charge in [0.15, 0.2) is 5.78 Å². The topological polar surface area (TPSA) is 30.0 Å². The average molecular weight is 309 g/mol. The van der Waals surface area contributed by atoms with E-state index in [0.717, 1.165) is 30.2 Å². The molecule has 4 rings (SSSR count). The highest BCUT2D eigenvalue weighted by molar-refractivity contribution is 7.21. The molecule has 21 heavy (non-hydrogen) atoms. The van der Waals surface area contributed by atoms with Gasteiger partial charge in [-0.2, -0.15) is 0 Å². The Bertz CT molecular complexity index is 885. The molecule has 0 saturated heterocycles. The van der Waals surface area contributed by atoms with Crippen molar-refractivity contribution in [3.05, 3.63) is 64.5 Å². The number of hydrogen-bond donors (Lipinski definition) is 0. The Morgan fingerprint density at radius 3 is 2.52 bits per heavy atom. The van der Waals surface area contributed by atoms with E-state index in [2.05, 4.69) is 11.1 Å². The van der Waals surface area contributed by atoms with E-state index in [4.69, 9.17) is 0 Å². The van der Waals surface area contributed by atoms with Gasteiger partial charge < -0.3 is 0 Å². The molecule has 0 atom stereocenters. The number of para-hydroxylation sites is 1. The zero-order chi connectivity index (χ0) is 14.2. The second-order valence-corrected chi connectivity index (χ2v) is 7.02. The lowest BCUT2D eigenvalue weighted by molar-refractivity contribution is 0.0997. The van der Waals surface area contributed by atoms with Gasteiger partial charge in [-0.05, 0) is 29.7 Å². The van der Waals surface area contributed by atoms with Gasteiger partial charge >= 0.3 is 0 Å². The number of Topliss-reactive ketones (excluding diaryl/α,β-unsaturated/α-hetero) is 1. The van der Waals surface area contributed by atoms with Crippen LogP contribution in [0.15, 0.2) is 54.6 Å². The van der Waals surface area contributed by atoms with Crippen LogP contribution in [0.4, 0.5) is 0 Å². The van der Waals surface area contributed by atoms with E-state index < -0.39 is 0 Å². The number of hydrogen-bond acceptors (Lipinski definition) is 4. The highest BCUT2D eigenvalue weighted by atomic mass is 32.1. The second kappa shape index (κ2) is 5.06. The van der Waals surface area contributed by atoms with Gasteiger partial charge in [0.05, 0.1) is 21.5 Å². The van der Waals surface area contributed by atoms with Crippen molar-refractivity contribution in [3.8, 4) is 0 Å². The molecule has 0 spiro atoms. The highest BCUT2D eigenvalue weighted by Crippen LogP contribution is 2.28. The molecule has 0 aliphatic heterocycles. The van der Waals surface area contributed by atoms with Gasteiger partial charge in [0.25, 0.3) is 0 Å². The van der Waals surface area contributed by atoms with Gasteiger partial charge in [0.1, 0.15) is 5.01 Å². The van der Waals surface area contributed by atoms with Gasteiger partial charge in [-0.25, -0.2) is 4.98 Å². The van der Waals surface area contributed by atoms with Crippen LogP contribution in [-0.4, -0.2) is 10.8 Å². The van der Waals surface area contributed by atoms with Crippen LogP contribution in [0.3, 0.4) is 0 Å². The Balaban J connectivity index is 1.65. The van der Waals surface area contributed by atoms with Gasteiger partial charge in [-0.3, -0.25) is 4.79 Å². The highest BCUT2D eigenvalue weighted by Gasteiger charge is 2.13. The molecular formula is C17H11NOS2. The van der Waals surface area contributed by atoms with Crippen LogP contribution in [0.5, 0.6) is 0 Å². The molecule has 4 heteroatoms.